The summed E-state index contributed by atoms with van der Waals surface area (Å²) in [6.07, 6.45) is 1.04. The first-order valence-electron chi connectivity index (χ1n) is 4.87. The predicted octanol–water partition coefficient (Wildman–Crippen LogP) is 4.04. The molecule has 0 aliphatic heterocycles. The molecule has 1 aromatic rings. The Labute approximate surface area is 109 Å². The van der Waals surface area contributed by atoms with Crippen molar-refractivity contribution in [3.8, 4) is 5.75 Å². The summed E-state index contributed by atoms with van der Waals surface area (Å²) in [5.41, 5.74) is 0. The van der Waals surface area contributed by atoms with Gasteiger partial charge in [0, 0.05) is 5.02 Å². The molecule has 0 fully saturated rings. The summed E-state index contributed by atoms with van der Waals surface area (Å²) in [5, 5.41) is 0.867. The maximum absolute atomic E-state index is 11.4. The zero-order chi connectivity index (χ0) is 12.0. The molecule has 0 bridgehead atoms. The van der Waals surface area contributed by atoms with E-state index in [4.69, 9.17) is 27.9 Å². The van der Waals surface area contributed by atoms with Crippen molar-refractivity contribution in [2.45, 2.75) is 13.3 Å². The molecule has 0 saturated heterocycles. The van der Waals surface area contributed by atoms with Crippen LogP contribution >= 0.6 is 35.0 Å². The quantitative estimate of drug-likeness (QED) is 0.462. The maximum atomic E-state index is 11.4. The lowest BCUT2D eigenvalue weighted by Crippen LogP contribution is -2.11. The van der Waals surface area contributed by atoms with E-state index in [9.17, 15) is 4.79 Å². The van der Waals surface area contributed by atoms with Crippen LogP contribution in [0.1, 0.15) is 13.3 Å². The topological polar surface area (TPSA) is 26.3 Å². The molecule has 5 heteroatoms. The third-order valence-corrected chi connectivity index (χ3v) is 3.35. The van der Waals surface area contributed by atoms with Crippen molar-refractivity contribution >= 4 is 40.9 Å². The van der Waals surface area contributed by atoms with Crippen LogP contribution < -0.4 is 4.74 Å². The Kier molecular flexibility index (Phi) is 6.03. The number of rotatable bonds is 5. The van der Waals surface area contributed by atoms with Gasteiger partial charge in [-0.3, -0.25) is 4.79 Å². The minimum atomic E-state index is -0.289. The molecular formula is C11H12Cl2O2S. The molecule has 0 saturated carbocycles. The van der Waals surface area contributed by atoms with Crippen molar-refractivity contribution in [1.82, 2.24) is 0 Å². The van der Waals surface area contributed by atoms with Gasteiger partial charge in [-0.25, -0.2) is 0 Å². The lowest BCUT2D eigenvalue weighted by atomic mass is 10.3. The van der Waals surface area contributed by atoms with E-state index in [-0.39, 0.29) is 5.97 Å². The summed E-state index contributed by atoms with van der Waals surface area (Å²) in [6, 6.07) is 4.77. The maximum Gasteiger partial charge on any atom is 0.321 e. The van der Waals surface area contributed by atoms with Gasteiger partial charge in [0.1, 0.15) is 5.75 Å². The molecule has 0 atom stereocenters. The van der Waals surface area contributed by atoms with Crippen LogP contribution in [0.15, 0.2) is 18.2 Å². The van der Waals surface area contributed by atoms with Crippen LogP contribution in [0.5, 0.6) is 5.75 Å². The fourth-order valence-electron chi connectivity index (χ4n) is 1.01. The first kappa shape index (κ1) is 13.7. The normalized spacial score (nSPS) is 10.2. The average Bonchev–Trinajstić information content (AvgIpc) is 2.23. The van der Waals surface area contributed by atoms with Gasteiger partial charge in [-0.2, -0.15) is 11.8 Å². The molecule has 0 aliphatic carbocycles. The van der Waals surface area contributed by atoms with Crippen molar-refractivity contribution in [1.29, 1.82) is 0 Å². The van der Waals surface area contributed by atoms with Crippen LogP contribution in [0.2, 0.25) is 10.0 Å². The van der Waals surface area contributed by atoms with E-state index in [1.54, 1.807) is 30.0 Å². The number of hydrogen-bond acceptors (Lipinski definition) is 3. The number of thioether (sulfide) groups is 1. The van der Waals surface area contributed by atoms with Gasteiger partial charge in [-0.15, -0.1) is 0 Å². The van der Waals surface area contributed by atoms with Gasteiger partial charge < -0.3 is 4.74 Å². The fraction of sp³-hybridized carbons (Fsp3) is 0.364. The number of halogens is 2. The van der Waals surface area contributed by atoms with Crippen LogP contribution in [-0.2, 0) is 4.79 Å². The Morgan fingerprint density at radius 1 is 1.44 bits per heavy atom. The van der Waals surface area contributed by atoms with Crippen LogP contribution in [0.3, 0.4) is 0 Å². The molecule has 1 rings (SSSR count). The second kappa shape index (κ2) is 7.05. The number of esters is 1. The summed E-state index contributed by atoms with van der Waals surface area (Å²) in [5.74, 6) is 1.35. The highest BCUT2D eigenvalue weighted by Gasteiger charge is 2.08. The SMILES string of the molecule is CCCSCC(=O)Oc1ccc(Cl)cc1Cl. The Hall–Kier alpha value is -0.380. The number of carbonyl (C=O) groups excluding carboxylic acids is 1. The van der Waals surface area contributed by atoms with Crippen LogP contribution in [0, 0.1) is 0 Å². The van der Waals surface area contributed by atoms with Crippen molar-refractivity contribution in [3.05, 3.63) is 28.2 Å². The first-order valence-corrected chi connectivity index (χ1v) is 6.78. The molecule has 0 aromatic heterocycles. The van der Waals surface area contributed by atoms with E-state index in [0.29, 0.717) is 21.5 Å². The molecule has 0 unspecified atom stereocenters. The Balaban J connectivity index is 2.49. The number of benzene rings is 1. The Bertz CT molecular complexity index is 369. The second-order valence-corrected chi connectivity index (χ2v) is 5.05. The largest absolute Gasteiger partial charge is 0.424 e. The molecule has 2 nitrogen and oxygen atoms in total. The van der Waals surface area contributed by atoms with E-state index in [2.05, 4.69) is 6.92 Å². The molecule has 88 valence electrons. The first-order chi connectivity index (χ1) is 7.63. The molecular weight excluding hydrogens is 267 g/mol. The van der Waals surface area contributed by atoms with Crippen LogP contribution in [0.25, 0.3) is 0 Å². The standard InChI is InChI=1S/C11H12Cl2O2S/c1-2-5-16-7-11(14)15-10-4-3-8(12)6-9(10)13/h3-4,6H,2,5,7H2,1H3. The summed E-state index contributed by atoms with van der Waals surface area (Å²) in [4.78, 5) is 11.4. The highest BCUT2D eigenvalue weighted by atomic mass is 35.5. The van der Waals surface area contributed by atoms with Gasteiger partial charge in [-0.05, 0) is 30.4 Å². The summed E-state index contributed by atoms with van der Waals surface area (Å²) < 4.78 is 5.10. The van der Waals surface area contributed by atoms with Gasteiger partial charge in [0.25, 0.3) is 0 Å². The van der Waals surface area contributed by atoms with E-state index >= 15 is 0 Å². The Morgan fingerprint density at radius 3 is 2.81 bits per heavy atom. The minimum Gasteiger partial charge on any atom is -0.424 e. The predicted molar refractivity (Wildman–Crippen MR) is 69.7 cm³/mol. The van der Waals surface area contributed by atoms with E-state index < -0.39 is 0 Å². The summed E-state index contributed by atoms with van der Waals surface area (Å²) in [6.45, 7) is 2.06. The van der Waals surface area contributed by atoms with Gasteiger partial charge in [-0.1, -0.05) is 30.1 Å². The molecule has 1 aromatic carbocycles. The molecule has 16 heavy (non-hydrogen) atoms. The van der Waals surface area contributed by atoms with Gasteiger partial charge in [0.15, 0.2) is 0 Å². The number of carbonyl (C=O) groups is 1. The molecule has 0 N–H and O–H groups in total. The van der Waals surface area contributed by atoms with Crippen molar-refractivity contribution < 1.29 is 9.53 Å². The average molecular weight is 279 g/mol. The van der Waals surface area contributed by atoms with Crippen LogP contribution in [0.4, 0.5) is 0 Å². The molecule has 0 amide bonds. The smallest absolute Gasteiger partial charge is 0.321 e. The third-order valence-electron chi connectivity index (χ3n) is 1.69. The minimum absolute atomic E-state index is 0.289. The number of ether oxygens (including phenoxy) is 1. The molecule has 0 spiro atoms. The third kappa shape index (κ3) is 4.64. The lowest BCUT2D eigenvalue weighted by Gasteiger charge is -2.05. The van der Waals surface area contributed by atoms with E-state index in [1.807, 2.05) is 0 Å². The van der Waals surface area contributed by atoms with Crippen LogP contribution in [-0.4, -0.2) is 17.5 Å². The lowest BCUT2D eigenvalue weighted by molar-refractivity contribution is -0.131. The van der Waals surface area contributed by atoms with Gasteiger partial charge >= 0.3 is 5.97 Å². The summed E-state index contributed by atoms with van der Waals surface area (Å²) in [7, 11) is 0. The number of hydrogen-bond donors (Lipinski definition) is 0. The van der Waals surface area contributed by atoms with E-state index in [0.717, 1.165) is 12.2 Å². The van der Waals surface area contributed by atoms with E-state index in [1.165, 1.54) is 0 Å². The Morgan fingerprint density at radius 2 is 2.19 bits per heavy atom. The van der Waals surface area contributed by atoms with Crippen molar-refractivity contribution in [2.24, 2.45) is 0 Å². The van der Waals surface area contributed by atoms with Gasteiger partial charge in [0.2, 0.25) is 0 Å². The second-order valence-electron chi connectivity index (χ2n) is 3.10. The summed E-state index contributed by atoms with van der Waals surface area (Å²) >= 11 is 13.1. The molecule has 0 heterocycles. The van der Waals surface area contributed by atoms with Gasteiger partial charge in [0.05, 0.1) is 10.8 Å². The monoisotopic (exact) mass is 278 g/mol. The molecule has 0 radical (unpaired) electrons. The zero-order valence-corrected chi connectivity index (χ0v) is 11.2. The highest BCUT2D eigenvalue weighted by Crippen LogP contribution is 2.27. The molecule has 0 aliphatic rings. The van der Waals surface area contributed by atoms with Crippen molar-refractivity contribution in [2.75, 3.05) is 11.5 Å². The fourth-order valence-corrected chi connectivity index (χ4v) is 2.12. The zero-order valence-electron chi connectivity index (χ0n) is 8.83. The highest BCUT2D eigenvalue weighted by molar-refractivity contribution is 7.99. The van der Waals surface area contributed by atoms with Crippen molar-refractivity contribution in [3.63, 3.8) is 0 Å².